The van der Waals surface area contributed by atoms with Crippen LogP contribution in [0.4, 0.5) is 0 Å². The van der Waals surface area contributed by atoms with Gasteiger partial charge in [0.2, 0.25) is 0 Å². The van der Waals surface area contributed by atoms with Gasteiger partial charge < -0.3 is 5.32 Å². The second kappa shape index (κ2) is 4.90. The normalized spacial score (nSPS) is 23.6. The molecular weight excluding hydrogens is 190 g/mol. The molecule has 0 spiro atoms. The Morgan fingerprint density at radius 2 is 2.31 bits per heavy atom. The quantitative estimate of drug-likeness (QED) is 0.552. The van der Waals surface area contributed by atoms with Crippen molar-refractivity contribution in [1.29, 1.82) is 0 Å². The van der Waals surface area contributed by atoms with Crippen molar-refractivity contribution in [3.8, 4) is 0 Å². The molecule has 0 radical (unpaired) electrons. The van der Waals surface area contributed by atoms with Gasteiger partial charge in [-0.3, -0.25) is 0 Å². The summed E-state index contributed by atoms with van der Waals surface area (Å²) in [4.78, 5) is 0. The predicted octanol–water partition coefficient (Wildman–Crippen LogP) is -0.818. The fraction of sp³-hybridized carbons (Fsp3) is 1.00. The van der Waals surface area contributed by atoms with Gasteiger partial charge in [-0.15, -0.1) is 0 Å². The molecule has 78 valence electrons. The zero-order chi connectivity index (χ0) is 9.73. The van der Waals surface area contributed by atoms with Crippen LogP contribution in [0.2, 0.25) is 0 Å². The molecule has 5 nitrogen and oxygen atoms in total. The van der Waals surface area contributed by atoms with E-state index in [2.05, 4.69) is 14.8 Å². The van der Waals surface area contributed by atoms with E-state index in [1.54, 1.807) is 0 Å². The van der Waals surface area contributed by atoms with Gasteiger partial charge in [0, 0.05) is 19.6 Å². The zero-order valence-corrected chi connectivity index (χ0v) is 8.65. The van der Waals surface area contributed by atoms with Crippen LogP contribution in [-0.4, -0.2) is 34.6 Å². The number of rotatable bonds is 5. The Kier molecular flexibility index (Phi) is 4.11. The molecule has 1 aliphatic rings. The van der Waals surface area contributed by atoms with Crippen LogP contribution in [-0.2, 0) is 10.2 Å². The second-order valence-electron chi connectivity index (χ2n) is 3.18. The van der Waals surface area contributed by atoms with E-state index in [1.807, 2.05) is 0 Å². The number of hydrogen-bond donors (Lipinski definition) is 3. The standard InChI is InChI=1S/C7H17N3O2S/c1-8-13(11,12)10-6-4-7-3-2-5-9-7/h7-10H,2-6H2,1H3/t7-/m1/s1. The minimum Gasteiger partial charge on any atom is -0.314 e. The van der Waals surface area contributed by atoms with Crippen molar-refractivity contribution < 1.29 is 8.42 Å². The van der Waals surface area contributed by atoms with Crippen molar-refractivity contribution in [2.24, 2.45) is 0 Å². The first kappa shape index (κ1) is 10.9. The van der Waals surface area contributed by atoms with E-state index in [9.17, 15) is 8.42 Å². The molecule has 0 aromatic carbocycles. The topological polar surface area (TPSA) is 70.2 Å². The largest absolute Gasteiger partial charge is 0.314 e. The maximum absolute atomic E-state index is 10.9. The van der Waals surface area contributed by atoms with Crippen LogP contribution in [0.25, 0.3) is 0 Å². The third-order valence-electron chi connectivity index (χ3n) is 2.22. The van der Waals surface area contributed by atoms with Crippen LogP contribution in [0.15, 0.2) is 0 Å². The maximum Gasteiger partial charge on any atom is 0.276 e. The van der Waals surface area contributed by atoms with Gasteiger partial charge in [0.15, 0.2) is 0 Å². The van der Waals surface area contributed by atoms with Crippen molar-refractivity contribution in [3.63, 3.8) is 0 Å². The molecule has 0 amide bonds. The molecule has 0 aromatic rings. The molecular formula is C7H17N3O2S. The van der Waals surface area contributed by atoms with E-state index in [-0.39, 0.29) is 0 Å². The van der Waals surface area contributed by atoms with Gasteiger partial charge in [-0.05, 0) is 25.8 Å². The molecule has 6 heteroatoms. The molecule has 0 bridgehead atoms. The highest BCUT2D eigenvalue weighted by Crippen LogP contribution is 2.07. The summed E-state index contributed by atoms with van der Waals surface area (Å²) in [6.07, 6.45) is 3.21. The highest BCUT2D eigenvalue weighted by Gasteiger charge is 2.14. The third kappa shape index (κ3) is 4.04. The van der Waals surface area contributed by atoms with E-state index >= 15 is 0 Å². The van der Waals surface area contributed by atoms with E-state index in [4.69, 9.17) is 0 Å². The van der Waals surface area contributed by atoms with Crippen LogP contribution in [0.1, 0.15) is 19.3 Å². The van der Waals surface area contributed by atoms with Gasteiger partial charge >= 0.3 is 0 Å². The second-order valence-corrected chi connectivity index (χ2v) is 4.89. The smallest absolute Gasteiger partial charge is 0.276 e. The summed E-state index contributed by atoms with van der Waals surface area (Å²) in [5.41, 5.74) is 0. The van der Waals surface area contributed by atoms with E-state index in [0.29, 0.717) is 12.6 Å². The summed E-state index contributed by atoms with van der Waals surface area (Å²) in [5, 5.41) is 3.31. The first-order valence-corrected chi connectivity index (χ1v) is 6.04. The fourth-order valence-corrected chi connectivity index (χ4v) is 1.97. The van der Waals surface area contributed by atoms with Crippen LogP contribution in [0, 0.1) is 0 Å². The van der Waals surface area contributed by atoms with Gasteiger partial charge in [-0.25, -0.2) is 9.44 Å². The van der Waals surface area contributed by atoms with Gasteiger partial charge in [0.05, 0.1) is 0 Å². The van der Waals surface area contributed by atoms with E-state index in [1.165, 1.54) is 13.5 Å². The van der Waals surface area contributed by atoms with E-state index < -0.39 is 10.2 Å². The Morgan fingerprint density at radius 1 is 1.54 bits per heavy atom. The molecule has 0 saturated carbocycles. The molecule has 1 saturated heterocycles. The van der Waals surface area contributed by atoms with Crippen LogP contribution in [0.3, 0.4) is 0 Å². The minimum atomic E-state index is -3.24. The lowest BCUT2D eigenvalue weighted by molar-refractivity contribution is 0.536. The molecule has 13 heavy (non-hydrogen) atoms. The minimum absolute atomic E-state index is 0.486. The van der Waals surface area contributed by atoms with Crippen molar-refractivity contribution in [1.82, 2.24) is 14.8 Å². The third-order valence-corrected chi connectivity index (χ3v) is 3.34. The number of nitrogens with one attached hydrogen (secondary N) is 3. The molecule has 1 heterocycles. The monoisotopic (exact) mass is 207 g/mol. The Bertz CT molecular complexity index is 234. The Balaban J connectivity index is 2.13. The molecule has 0 aromatic heterocycles. The summed E-state index contributed by atoms with van der Waals surface area (Å²) in [6, 6.07) is 0.486. The van der Waals surface area contributed by atoms with Crippen LogP contribution < -0.4 is 14.8 Å². The SMILES string of the molecule is CNS(=O)(=O)NCC[C@H]1CCCN1. The highest BCUT2D eigenvalue weighted by molar-refractivity contribution is 7.87. The summed E-state index contributed by atoms with van der Waals surface area (Å²) in [5.74, 6) is 0. The lowest BCUT2D eigenvalue weighted by Gasteiger charge is -2.10. The summed E-state index contributed by atoms with van der Waals surface area (Å²) in [6.45, 7) is 1.56. The van der Waals surface area contributed by atoms with Gasteiger partial charge in [0.25, 0.3) is 10.2 Å². The maximum atomic E-state index is 10.9. The van der Waals surface area contributed by atoms with Crippen LogP contribution >= 0.6 is 0 Å². The van der Waals surface area contributed by atoms with Gasteiger partial charge in [0.1, 0.15) is 0 Å². The molecule has 3 N–H and O–H groups in total. The lowest BCUT2D eigenvalue weighted by Crippen LogP contribution is -2.36. The molecule has 0 unspecified atom stereocenters. The zero-order valence-electron chi connectivity index (χ0n) is 7.84. The lowest BCUT2D eigenvalue weighted by atomic mass is 10.2. The Labute approximate surface area is 79.5 Å². The van der Waals surface area contributed by atoms with Gasteiger partial charge in [-0.1, -0.05) is 0 Å². The first-order valence-electron chi connectivity index (χ1n) is 4.55. The Hall–Kier alpha value is -0.170. The molecule has 1 fully saturated rings. The summed E-state index contributed by atoms with van der Waals surface area (Å²) >= 11 is 0. The molecule has 1 atom stereocenters. The molecule has 1 rings (SSSR count). The average Bonchev–Trinajstić information content (AvgIpc) is 2.57. The van der Waals surface area contributed by atoms with Crippen molar-refractivity contribution in [2.45, 2.75) is 25.3 Å². The van der Waals surface area contributed by atoms with Crippen molar-refractivity contribution in [3.05, 3.63) is 0 Å². The van der Waals surface area contributed by atoms with Crippen molar-refractivity contribution in [2.75, 3.05) is 20.1 Å². The fourth-order valence-electron chi connectivity index (χ4n) is 1.44. The predicted molar refractivity (Wildman–Crippen MR) is 51.6 cm³/mol. The molecule has 0 aliphatic carbocycles. The summed E-state index contributed by atoms with van der Waals surface area (Å²) in [7, 11) is -1.84. The number of hydrogen-bond acceptors (Lipinski definition) is 3. The summed E-state index contributed by atoms with van der Waals surface area (Å²) < 4.78 is 26.5. The molecule has 1 aliphatic heterocycles. The first-order chi connectivity index (χ1) is 6.14. The average molecular weight is 207 g/mol. The Morgan fingerprint density at radius 3 is 2.85 bits per heavy atom. The highest BCUT2D eigenvalue weighted by atomic mass is 32.2. The van der Waals surface area contributed by atoms with Crippen molar-refractivity contribution >= 4 is 10.2 Å². The van der Waals surface area contributed by atoms with Gasteiger partial charge in [-0.2, -0.15) is 8.42 Å². The van der Waals surface area contributed by atoms with E-state index in [0.717, 1.165) is 19.4 Å². The van der Waals surface area contributed by atoms with Crippen LogP contribution in [0.5, 0.6) is 0 Å².